The smallest absolute Gasteiger partial charge is 0.277 e. The second-order valence-electron chi connectivity index (χ2n) is 6.43. The van der Waals surface area contributed by atoms with Crippen molar-refractivity contribution in [3.8, 4) is 17.5 Å². The lowest BCUT2D eigenvalue weighted by Crippen LogP contribution is -2.49. The van der Waals surface area contributed by atoms with Gasteiger partial charge in [-0.25, -0.2) is 0 Å². The van der Waals surface area contributed by atoms with Crippen molar-refractivity contribution in [1.82, 2.24) is 20.5 Å². The summed E-state index contributed by atoms with van der Waals surface area (Å²) in [6.07, 6.45) is 1.82. The number of thioether (sulfide) groups is 1. The number of nitrogens with zero attached hydrogens (tertiary/aromatic N) is 3. The summed E-state index contributed by atoms with van der Waals surface area (Å²) in [6.45, 7) is 5.49. The summed E-state index contributed by atoms with van der Waals surface area (Å²) in [4.78, 5) is 15.3. The molecule has 1 atom stereocenters. The summed E-state index contributed by atoms with van der Waals surface area (Å²) in [5, 5.41) is 21.4. The highest BCUT2D eigenvalue weighted by Gasteiger charge is 2.30. The van der Waals surface area contributed by atoms with Gasteiger partial charge in [0.2, 0.25) is 5.91 Å². The fourth-order valence-electron chi connectivity index (χ4n) is 2.38. The minimum absolute atomic E-state index is 0.00155. The Hall–Kier alpha value is -2.79. The van der Waals surface area contributed by atoms with Gasteiger partial charge in [0.1, 0.15) is 5.54 Å². The molecule has 1 aromatic carbocycles. The van der Waals surface area contributed by atoms with Crippen LogP contribution in [0.4, 0.5) is 0 Å². The number of fused-ring (bicyclic) bond motifs is 1. The van der Waals surface area contributed by atoms with Gasteiger partial charge in [0.05, 0.1) is 17.4 Å². The van der Waals surface area contributed by atoms with Gasteiger partial charge in [-0.3, -0.25) is 4.79 Å². The Morgan fingerprint density at radius 3 is 2.92 bits per heavy atom. The van der Waals surface area contributed by atoms with Gasteiger partial charge in [-0.1, -0.05) is 43.8 Å². The Bertz CT molecular complexity index is 971. The van der Waals surface area contributed by atoms with Crippen LogP contribution in [0.15, 0.2) is 40.1 Å². The van der Waals surface area contributed by atoms with E-state index in [0.29, 0.717) is 11.1 Å². The number of hydrogen-bond acceptors (Lipinski definition) is 6. The van der Waals surface area contributed by atoms with Gasteiger partial charge in [0.15, 0.2) is 0 Å². The van der Waals surface area contributed by atoms with E-state index in [1.165, 1.54) is 0 Å². The Kier molecular flexibility index (Phi) is 5.00. The van der Waals surface area contributed by atoms with E-state index in [2.05, 4.69) is 26.6 Å². The molecule has 0 aliphatic rings. The van der Waals surface area contributed by atoms with Crippen LogP contribution in [0.25, 0.3) is 22.4 Å². The van der Waals surface area contributed by atoms with Crippen LogP contribution in [0.1, 0.15) is 20.8 Å². The largest absolute Gasteiger partial charge is 0.411 e. The lowest BCUT2D eigenvalue weighted by molar-refractivity contribution is -0.120. The van der Waals surface area contributed by atoms with Gasteiger partial charge in [-0.05, 0) is 18.9 Å². The number of carbonyl (C=O) groups excluding carboxylic acids is 1. The minimum atomic E-state index is -0.901. The van der Waals surface area contributed by atoms with Crippen LogP contribution in [0.2, 0.25) is 0 Å². The van der Waals surface area contributed by atoms with Crippen LogP contribution in [0.3, 0.4) is 0 Å². The summed E-state index contributed by atoms with van der Waals surface area (Å²) in [5.41, 5.74) is 0.904. The molecule has 7 nitrogen and oxygen atoms in total. The average molecular weight is 369 g/mol. The highest BCUT2D eigenvalue weighted by molar-refractivity contribution is 7.99. The standard InChI is InChI=1S/C18H19N5O2S/c1-11(2)18(3,10-19)21-15(24)9-26-17-23-22-16(25-17)13-8-20-14-7-5-4-6-12(13)14/h4-8,11,20H,9H2,1-3H3,(H,21,24)/t18-/m0/s1. The second-order valence-corrected chi connectivity index (χ2v) is 7.35. The number of rotatable bonds is 6. The topological polar surface area (TPSA) is 108 Å². The number of nitriles is 1. The van der Waals surface area contributed by atoms with E-state index in [1.54, 1.807) is 6.92 Å². The molecular weight excluding hydrogens is 350 g/mol. The number of carbonyl (C=O) groups is 1. The number of hydrogen-bond donors (Lipinski definition) is 2. The first-order chi connectivity index (χ1) is 12.4. The first-order valence-electron chi connectivity index (χ1n) is 8.18. The maximum absolute atomic E-state index is 12.1. The molecule has 1 amide bonds. The van der Waals surface area contributed by atoms with E-state index in [0.717, 1.165) is 28.2 Å². The second kappa shape index (κ2) is 7.22. The third-order valence-corrected chi connectivity index (χ3v) is 5.16. The van der Waals surface area contributed by atoms with Crippen LogP contribution in [-0.4, -0.2) is 32.4 Å². The summed E-state index contributed by atoms with van der Waals surface area (Å²) in [7, 11) is 0. The predicted octanol–water partition coefficient (Wildman–Crippen LogP) is 3.36. The van der Waals surface area contributed by atoms with Crippen LogP contribution in [-0.2, 0) is 4.79 Å². The molecule has 134 valence electrons. The normalized spacial score (nSPS) is 13.5. The molecule has 2 N–H and O–H groups in total. The highest BCUT2D eigenvalue weighted by atomic mass is 32.2. The number of para-hydroxylation sites is 1. The Morgan fingerprint density at radius 2 is 2.19 bits per heavy atom. The number of nitrogens with one attached hydrogen (secondary N) is 2. The Labute approximate surface area is 155 Å². The lowest BCUT2D eigenvalue weighted by atomic mass is 9.90. The molecule has 3 aromatic rings. The van der Waals surface area contributed by atoms with Gasteiger partial charge in [-0.15, -0.1) is 10.2 Å². The first kappa shape index (κ1) is 18.0. The van der Waals surface area contributed by atoms with Crippen molar-refractivity contribution in [3.05, 3.63) is 30.5 Å². The molecule has 0 saturated carbocycles. The van der Waals surface area contributed by atoms with E-state index in [4.69, 9.17) is 4.42 Å². The minimum Gasteiger partial charge on any atom is -0.411 e. The molecule has 0 spiro atoms. The number of aromatic amines is 1. The maximum atomic E-state index is 12.1. The summed E-state index contributed by atoms with van der Waals surface area (Å²) < 4.78 is 5.67. The molecule has 26 heavy (non-hydrogen) atoms. The van der Waals surface area contributed by atoms with Crippen LogP contribution in [0.5, 0.6) is 0 Å². The zero-order valence-corrected chi connectivity index (χ0v) is 15.6. The number of amides is 1. The fourth-order valence-corrected chi connectivity index (χ4v) is 2.94. The highest BCUT2D eigenvalue weighted by Crippen LogP contribution is 2.29. The zero-order valence-electron chi connectivity index (χ0n) is 14.7. The van der Waals surface area contributed by atoms with Gasteiger partial charge < -0.3 is 14.7 Å². The third-order valence-electron chi connectivity index (χ3n) is 4.34. The molecule has 0 radical (unpaired) electrons. The lowest BCUT2D eigenvalue weighted by Gasteiger charge is -2.27. The quantitative estimate of drug-likeness (QED) is 0.645. The van der Waals surface area contributed by atoms with Crippen molar-refractivity contribution >= 4 is 28.6 Å². The van der Waals surface area contributed by atoms with Crippen molar-refractivity contribution in [3.63, 3.8) is 0 Å². The number of aromatic nitrogens is 3. The maximum Gasteiger partial charge on any atom is 0.277 e. The van der Waals surface area contributed by atoms with Crippen molar-refractivity contribution in [1.29, 1.82) is 5.26 Å². The van der Waals surface area contributed by atoms with Crippen molar-refractivity contribution < 1.29 is 9.21 Å². The predicted molar refractivity (Wildman–Crippen MR) is 99.3 cm³/mol. The van der Waals surface area contributed by atoms with E-state index in [9.17, 15) is 10.1 Å². The number of benzene rings is 1. The zero-order chi connectivity index (χ0) is 18.7. The van der Waals surface area contributed by atoms with Crippen molar-refractivity contribution in [2.75, 3.05) is 5.75 Å². The Morgan fingerprint density at radius 1 is 1.42 bits per heavy atom. The van der Waals surface area contributed by atoms with E-state index >= 15 is 0 Å². The molecule has 2 heterocycles. The molecule has 0 aliphatic carbocycles. The van der Waals surface area contributed by atoms with Crippen LogP contribution >= 0.6 is 11.8 Å². The molecule has 2 aromatic heterocycles. The van der Waals surface area contributed by atoms with Crippen molar-refractivity contribution in [2.45, 2.75) is 31.5 Å². The SMILES string of the molecule is CC(C)[C@](C)(C#N)NC(=O)CSc1nnc(-c2c[nH]c3ccccc23)o1. The third kappa shape index (κ3) is 3.58. The van der Waals surface area contributed by atoms with Gasteiger partial charge in [0.25, 0.3) is 11.1 Å². The molecule has 0 fully saturated rings. The summed E-state index contributed by atoms with van der Waals surface area (Å²) in [5.74, 6) is 0.242. The molecule has 0 bridgehead atoms. The average Bonchev–Trinajstić information content (AvgIpc) is 3.26. The van der Waals surface area contributed by atoms with Crippen LogP contribution in [0, 0.1) is 17.2 Å². The van der Waals surface area contributed by atoms with E-state index < -0.39 is 5.54 Å². The van der Waals surface area contributed by atoms with Crippen LogP contribution < -0.4 is 5.32 Å². The molecule has 3 rings (SSSR count). The van der Waals surface area contributed by atoms with Gasteiger partial charge in [0, 0.05) is 17.1 Å². The summed E-state index contributed by atoms with van der Waals surface area (Å²) >= 11 is 1.14. The molecular formula is C18H19N5O2S. The molecule has 0 saturated heterocycles. The van der Waals surface area contributed by atoms with Gasteiger partial charge >= 0.3 is 0 Å². The molecule has 0 unspecified atom stereocenters. The van der Waals surface area contributed by atoms with Crippen molar-refractivity contribution in [2.24, 2.45) is 5.92 Å². The number of H-pyrrole nitrogens is 1. The first-order valence-corrected chi connectivity index (χ1v) is 9.16. The van der Waals surface area contributed by atoms with E-state index in [1.807, 2.05) is 44.3 Å². The Balaban J connectivity index is 1.66. The van der Waals surface area contributed by atoms with Gasteiger partial charge in [-0.2, -0.15) is 5.26 Å². The molecule has 0 aliphatic heterocycles. The summed E-state index contributed by atoms with van der Waals surface area (Å²) in [6, 6.07) is 9.98. The molecule has 8 heteroatoms. The fraction of sp³-hybridized carbons (Fsp3) is 0.333. The van der Waals surface area contributed by atoms with E-state index in [-0.39, 0.29) is 17.6 Å². The monoisotopic (exact) mass is 369 g/mol.